The van der Waals surface area contributed by atoms with Crippen molar-refractivity contribution in [1.29, 1.82) is 0 Å². The molecule has 0 atom stereocenters. The normalized spacial score (nSPS) is 15.0. The molecule has 6 nitrogen and oxygen atoms in total. The first-order valence-corrected chi connectivity index (χ1v) is 9.06. The van der Waals surface area contributed by atoms with Crippen molar-refractivity contribution >= 4 is 17.7 Å². The average Bonchev–Trinajstić information content (AvgIpc) is 3.24. The molecule has 0 spiro atoms. The molecule has 124 valence electrons. The maximum Gasteiger partial charge on any atom is 0.226 e. The number of rotatable bonds is 3. The Kier molecular flexibility index (Phi) is 4.02. The van der Waals surface area contributed by atoms with Gasteiger partial charge in [0, 0.05) is 36.9 Å². The van der Waals surface area contributed by atoms with Gasteiger partial charge in [0.05, 0.1) is 11.3 Å². The van der Waals surface area contributed by atoms with Gasteiger partial charge < -0.3 is 13.8 Å². The lowest BCUT2D eigenvalue weighted by Gasteiger charge is -2.26. The fraction of sp³-hybridized carbons (Fsp3) is 0.353. The molecule has 3 aromatic heterocycles. The number of furan rings is 1. The first kappa shape index (κ1) is 15.3. The zero-order valence-electron chi connectivity index (χ0n) is 13.7. The van der Waals surface area contributed by atoms with Gasteiger partial charge in [-0.05, 0) is 26.0 Å². The zero-order chi connectivity index (χ0) is 16.5. The first-order valence-electron chi connectivity index (χ1n) is 7.91. The molecule has 0 radical (unpaired) electrons. The van der Waals surface area contributed by atoms with E-state index >= 15 is 0 Å². The molecule has 7 heteroatoms. The smallest absolute Gasteiger partial charge is 0.226 e. The van der Waals surface area contributed by atoms with Gasteiger partial charge in [-0.3, -0.25) is 0 Å². The van der Waals surface area contributed by atoms with E-state index in [0.717, 1.165) is 53.3 Å². The number of hydrogen-bond acceptors (Lipinski definition) is 7. The summed E-state index contributed by atoms with van der Waals surface area (Å²) in [6, 6.07) is 5.75. The molecule has 0 N–H and O–H groups in total. The van der Waals surface area contributed by atoms with Crippen LogP contribution in [0.1, 0.15) is 11.5 Å². The average molecular weight is 342 g/mol. The highest BCUT2D eigenvalue weighted by molar-refractivity contribution is 7.99. The van der Waals surface area contributed by atoms with Crippen LogP contribution in [0.5, 0.6) is 0 Å². The van der Waals surface area contributed by atoms with E-state index in [4.69, 9.17) is 13.9 Å². The molecule has 0 unspecified atom stereocenters. The second-order valence-electron chi connectivity index (χ2n) is 5.77. The van der Waals surface area contributed by atoms with Crippen molar-refractivity contribution in [3.05, 3.63) is 35.9 Å². The monoisotopic (exact) mass is 342 g/mol. The summed E-state index contributed by atoms with van der Waals surface area (Å²) in [5.41, 5.74) is 2.35. The fourth-order valence-electron chi connectivity index (χ4n) is 2.71. The van der Waals surface area contributed by atoms with E-state index in [9.17, 15) is 0 Å². The Morgan fingerprint density at radius 3 is 2.62 bits per heavy atom. The third-order valence-electron chi connectivity index (χ3n) is 3.94. The molecule has 0 aromatic carbocycles. The van der Waals surface area contributed by atoms with E-state index in [2.05, 4.69) is 15.0 Å². The Balaban J connectivity index is 1.81. The third-order valence-corrected chi connectivity index (χ3v) is 4.88. The van der Waals surface area contributed by atoms with Crippen molar-refractivity contribution in [2.45, 2.75) is 13.8 Å². The Bertz CT molecular complexity index is 852. The summed E-state index contributed by atoms with van der Waals surface area (Å²) >= 11 is 1.96. The highest BCUT2D eigenvalue weighted by Crippen LogP contribution is 2.33. The second-order valence-corrected chi connectivity index (χ2v) is 7.00. The number of thioether (sulfide) groups is 1. The first-order chi connectivity index (χ1) is 11.7. The minimum atomic E-state index is 0.650. The SMILES string of the molecule is Cc1cc(-c2cnc(N3CCSCC3)nc2-c2ccc(C)o2)on1. The Labute approximate surface area is 144 Å². The summed E-state index contributed by atoms with van der Waals surface area (Å²) in [6.07, 6.45) is 1.80. The largest absolute Gasteiger partial charge is 0.460 e. The van der Waals surface area contributed by atoms with Crippen molar-refractivity contribution in [2.75, 3.05) is 29.5 Å². The molecule has 1 aliphatic heterocycles. The van der Waals surface area contributed by atoms with Crippen molar-refractivity contribution < 1.29 is 8.94 Å². The number of aromatic nitrogens is 3. The lowest BCUT2D eigenvalue weighted by molar-refractivity contribution is 0.426. The summed E-state index contributed by atoms with van der Waals surface area (Å²) in [5, 5.41) is 3.97. The third kappa shape index (κ3) is 2.91. The predicted octanol–water partition coefficient (Wildman–Crippen LogP) is 3.56. The van der Waals surface area contributed by atoms with Crippen molar-refractivity contribution in [3.8, 4) is 22.8 Å². The summed E-state index contributed by atoms with van der Waals surface area (Å²) in [7, 11) is 0. The van der Waals surface area contributed by atoms with Gasteiger partial charge in [0.15, 0.2) is 11.5 Å². The molecule has 0 amide bonds. The fourth-order valence-corrected chi connectivity index (χ4v) is 3.61. The van der Waals surface area contributed by atoms with Crippen LogP contribution in [0.4, 0.5) is 5.95 Å². The molecular weight excluding hydrogens is 324 g/mol. The van der Waals surface area contributed by atoms with Crippen LogP contribution in [0, 0.1) is 13.8 Å². The van der Waals surface area contributed by atoms with Crippen LogP contribution in [0.25, 0.3) is 22.8 Å². The highest BCUT2D eigenvalue weighted by Gasteiger charge is 2.20. The van der Waals surface area contributed by atoms with E-state index in [-0.39, 0.29) is 0 Å². The van der Waals surface area contributed by atoms with Crippen LogP contribution in [0.2, 0.25) is 0 Å². The Morgan fingerprint density at radius 1 is 1.12 bits per heavy atom. The molecule has 1 fully saturated rings. The zero-order valence-corrected chi connectivity index (χ0v) is 14.5. The Morgan fingerprint density at radius 2 is 1.96 bits per heavy atom. The summed E-state index contributed by atoms with van der Waals surface area (Å²) in [5.74, 6) is 5.14. The minimum absolute atomic E-state index is 0.650. The van der Waals surface area contributed by atoms with E-state index in [1.165, 1.54) is 0 Å². The molecule has 1 saturated heterocycles. The van der Waals surface area contributed by atoms with E-state index in [1.807, 2.05) is 43.8 Å². The van der Waals surface area contributed by atoms with Crippen LogP contribution in [0.15, 0.2) is 33.3 Å². The number of hydrogen-bond donors (Lipinski definition) is 0. The molecular formula is C17H18N4O2S. The van der Waals surface area contributed by atoms with Gasteiger partial charge in [-0.15, -0.1) is 0 Å². The molecule has 0 aliphatic carbocycles. The summed E-state index contributed by atoms with van der Waals surface area (Å²) in [6.45, 7) is 5.74. The lowest BCUT2D eigenvalue weighted by atomic mass is 10.1. The van der Waals surface area contributed by atoms with Crippen LogP contribution < -0.4 is 4.90 Å². The minimum Gasteiger partial charge on any atom is -0.460 e. The van der Waals surface area contributed by atoms with Gasteiger partial charge in [-0.1, -0.05) is 5.16 Å². The maximum atomic E-state index is 5.81. The standard InChI is InChI=1S/C17H18N4O2S/c1-11-9-15(23-20-11)13-10-18-17(21-5-7-24-8-6-21)19-16(13)14-4-3-12(2)22-14/h3-4,9-10H,5-8H2,1-2H3. The van der Waals surface area contributed by atoms with Gasteiger partial charge in [0.25, 0.3) is 0 Å². The van der Waals surface area contributed by atoms with Gasteiger partial charge in [0.1, 0.15) is 11.5 Å². The van der Waals surface area contributed by atoms with Crippen LogP contribution in [0.3, 0.4) is 0 Å². The number of aryl methyl sites for hydroxylation is 2. The molecule has 24 heavy (non-hydrogen) atoms. The van der Waals surface area contributed by atoms with Gasteiger partial charge in [-0.2, -0.15) is 11.8 Å². The van der Waals surface area contributed by atoms with Crippen molar-refractivity contribution in [3.63, 3.8) is 0 Å². The molecule has 0 saturated carbocycles. The van der Waals surface area contributed by atoms with E-state index in [1.54, 1.807) is 6.20 Å². The Hall–Kier alpha value is -2.28. The lowest BCUT2D eigenvalue weighted by Crippen LogP contribution is -2.33. The summed E-state index contributed by atoms with van der Waals surface area (Å²) < 4.78 is 11.2. The molecule has 0 bridgehead atoms. The molecule has 1 aliphatic rings. The molecule has 3 aromatic rings. The van der Waals surface area contributed by atoms with Gasteiger partial charge in [-0.25, -0.2) is 9.97 Å². The van der Waals surface area contributed by atoms with Crippen LogP contribution in [-0.2, 0) is 0 Å². The molecule has 4 rings (SSSR count). The second kappa shape index (κ2) is 6.32. The quantitative estimate of drug-likeness (QED) is 0.721. The van der Waals surface area contributed by atoms with Gasteiger partial charge in [0.2, 0.25) is 5.95 Å². The van der Waals surface area contributed by atoms with Crippen LogP contribution >= 0.6 is 11.8 Å². The van der Waals surface area contributed by atoms with E-state index < -0.39 is 0 Å². The van der Waals surface area contributed by atoms with E-state index in [0.29, 0.717) is 11.5 Å². The van der Waals surface area contributed by atoms with Crippen molar-refractivity contribution in [2.24, 2.45) is 0 Å². The maximum absolute atomic E-state index is 5.81. The number of anilines is 1. The topological polar surface area (TPSA) is 68.2 Å². The predicted molar refractivity (Wildman–Crippen MR) is 94.2 cm³/mol. The summed E-state index contributed by atoms with van der Waals surface area (Å²) in [4.78, 5) is 11.6. The highest BCUT2D eigenvalue weighted by atomic mass is 32.2. The molecule has 4 heterocycles. The number of nitrogens with zero attached hydrogens (tertiary/aromatic N) is 4. The van der Waals surface area contributed by atoms with Crippen LogP contribution in [-0.4, -0.2) is 39.7 Å². The van der Waals surface area contributed by atoms with Gasteiger partial charge >= 0.3 is 0 Å². The van der Waals surface area contributed by atoms with Crippen molar-refractivity contribution in [1.82, 2.24) is 15.1 Å².